The molecule has 0 saturated carbocycles. The zero-order valence-corrected chi connectivity index (χ0v) is 17.0. The van der Waals surface area contributed by atoms with Crippen LogP contribution in [0.3, 0.4) is 0 Å². The zero-order chi connectivity index (χ0) is 20.0. The van der Waals surface area contributed by atoms with Crippen molar-refractivity contribution in [2.75, 3.05) is 30.8 Å². The van der Waals surface area contributed by atoms with Crippen molar-refractivity contribution in [1.82, 2.24) is 5.32 Å². The molecule has 1 amide bonds. The Bertz CT molecular complexity index is 910. The van der Waals surface area contributed by atoms with Crippen LogP contribution in [0.1, 0.15) is 16.7 Å². The molecule has 2 rings (SSSR count). The summed E-state index contributed by atoms with van der Waals surface area (Å²) in [5.41, 5.74) is 3.31. The number of rotatable bonds is 8. The number of hydrogen-bond donors (Lipinski definition) is 1. The van der Waals surface area contributed by atoms with Crippen LogP contribution in [0.4, 0.5) is 5.69 Å². The summed E-state index contributed by atoms with van der Waals surface area (Å²) in [6, 6.07) is 13.0. The van der Waals surface area contributed by atoms with Crippen LogP contribution in [0, 0.1) is 13.8 Å². The van der Waals surface area contributed by atoms with Crippen molar-refractivity contribution in [3.63, 3.8) is 0 Å². The molecule has 0 unspecified atom stereocenters. The molecule has 1 N–H and O–H groups in total. The summed E-state index contributed by atoms with van der Waals surface area (Å²) >= 11 is 0. The summed E-state index contributed by atoms with van der Waals surface area (Å²) in [7, 11) is -1.98. The first-order chi connectivity index (χ1) is 12.7. The van der Waals surface area contributed by atoms with Gasteiger partial charge in [-0.25, -0.2) is 8.42 Å². The predicted molar refractivity (Wildman–Crippen MR) is 108 cm³/mol. The SMILES string of the molecule is COc1ccccc1CCNC(=O)CN(c1cccc(C)c1C)S(C)(=O)=O. The number of nitrogens with one attached hydrogen (secondary N) is 1. The Morgan fingerprint density at radius 1 is 1.11 bits per heavy atom. The average molecular weight is 391 g/mol. The van der Waals surface area contributed by atoms with E-state index in [9.17, 15) is 13.2 Å². The number of anilines is 1. The minimum absolute atomic E-state index is 0.255. The average Bonchev–Trinajstić information content (AvgIpc) is 2.62. The Morgan fingerprint density at radius 2 is 1.81 bits per heavy atom. The normalized spacial score (nSPS) is 11.1. The molecule has 2 aromatic carbocycles. The molecule has 0 aliphatic carbocycles. The fraction of sp³-hybridized carbons (Fsp3) is 0.350. The van der Waals surface area contributed by atoms with Crippen LogP contribution in [0.15, 0.2) is 42.5 Å². The maximum Gasteiger partial charge on any atom is 0.240 e. The fourth-order valence-corrected chi connectivity index (χ4v) is 3.73. The number of para-hydroxylation sites is 1. The van der Waals surface area contributed by atoms with Gasteiger partial charge in [-0.3, -0.25) is 9.10 Å². The van der Waals surface area contributed by atoms with Gasteiger partial charge in [0.15, 0.2) is 0 Å². The summed E-state index contributed by atoms with van der Waals surface area (Å²) in [5, 5.41) is 2.79. The number of benzene rings is 2. The lowest BCUT2D eigenvalue weighted by molar-refractivity contribution is -0.119. The molecule has 0 fully saturated rings. The molecule has 0 atom stereocenters. The van der Waals surface area contributed by atoms with Crippen molar-refractivity contribution in [1.29, 1.82) is 0 Å². The molecular formula is C20H26N2O4S. The van der Waals surface area contributed by atoms with E-state index in [-0.39, 0.29) is 12.5 Å². The van der Waals surface area contributed by atoms with E-state index in [1.807, 2.05) is 44.2 Å². The predicted octanol–water partition coefficient (Wildman–Crippen LogP) is 2.44. The van der Waals surface area contributed by atoms with Gasteiger partial charge < -0.3 is 10.1 Å². The lowest BCUT2D eigenvalue weighted by Gasteiger charge is -2.24. The first-order valence-electron chi connectivity index (χ1n) is 8.66. The van der Waals surface area contributed by atoms with E-state index in [1.165, 1.54) is 0 Å². The standard InChI is InChI=1S/C20H26N2O4S/c1-15-8-7-10-18(16(15)2)22(27(4,24)25)14-20(23)21-13-12-17-9-5-6-11-19(17)26-3/h5-11H,12-14H2,1-4H3,(H,21,23). The van der Waals surface area contributed by atoms with Crippen LogP contribution in [-0.2, 0) is 21.2 Å². The van der Waals surface area contributed by atoms with Gasteiger partial charge in [0, 0.05) is 6.54 Å². The van der Waals surface area contributed by atoms with Crippen LogP contribution in [-0.4, -0.2) is 40.8 Å². The van der Waals surface area contributed by atoms with E-state index in [2.05, 4.69) is 5.32 Å². The second kappa shape index (κ2) is 8.90. The highest BCUT2D eigenvalue weighted by Gasteiger charge is 2.22. The van der Waals surface area contributed by atoms with Crippen molar-refractivity contribution >= 4 is 21.6 Å². The van der Waals surface area contributed by atoms with Gasteiger partial charge in [-0.15, -0.1) is 0 Å². The highest BCUT2D eigenvalue weighted by molar-refractivity contribution is 7.92. The molecule has 0 aromatic heterocycles. The monoisotopic (exact) mass is 390 g/mol. The second-order valence-electron chi connectivity index (χ2n) is 6.40. The number of carbonyl (C=O) groups excluding carboxylic acids is 1. The number of aryl methyl sites for hydroxylation is 1. The Kier molecular flexibility index (Phi) is 6.85. The fourth-order valence-electron chi connectivity index (χ4n) is 2.82. The molecule has 7 heteroatoms. The van der Waals surface area contributed by atoms with Gasteiger partial charge in [0.2, 0.25) is 15.9 Å². The number of carbonyl (C=O) groups is 1. The van der Waals surface area contributed by atoms with Crippen molar-refractivity contribution in [2.45, 2.75) is 20.3 Å². The number of nitrogens with zero attached hydrogens (tertiary/aromatic N) is 1. The van der Waals surface area contributed by atoms with Gasteiger partial charge in [0.1, 0.15) is 12.3 Å². The van der Waals surface area contributed by atoms with Gasteiger partial charge in [0.25, 0.3) is 0 Å². The number of amides is 1. The summed E-state index contributed by atoms with van der Waals surface area (Å²) in [6.07, 6.45) is 1.70. The molecule has 0 aliphatic rings. The molecular weight excluding hydrogens is 364 g/mol. The molecule has 2 aromatic rings. The third kappa shape index (κ3) is 5.47. The highest BCUT2D eigenvalue weighted by atomic mass is 32.2. The van der Waals surface area contributed by atoms with Crippen LogP contribution >= 0.6 is 0 Å². The first kappa shape index (κ1) is 20.8. The van der Waals surface area contributed by atoms with E-state index >= 15 is 0 Å². The van der Waals surface area contributed by atoms with E-state index in [4.69, 9.17) is 4.74 Å². The third-order valence-electron chi connectivity index (χ3n) is 4.44. The van der Waals surface area contributed by atoms with Crippen LogP contribution in [0.2, 0.25) is 0 Å². The van der Waals surface area contributed by atoms with Crippen molar-refractivity contribution in [3.05, 3.63) is 59.2 Å². The largest absolute Gasteiger partial charge is 0.496 e. The molecule has 146 valence electrons. The van der Waals surface area contributed by atoms with Gasteiger partial charge in [-0.1, -0.05) is 30.3 Å². The third-order valence-corrected chi connectivity index (χ3v) is 5.57. The van der Waals surface area contributed by atoms with E-state index < -0.39 is 10.0 Å². The minimum Gasteiger partial charge on any atom is -0.496 e. The molecule has 0 spiro atoms. The zero-order valence-electron chi connectivity index (χ0n) is 16.2. The molecule has 0 aliphatic heterocycles. The van der Waals surface area contributed by atoms with E-state index in [0.717, 1.165) is 33.0 Å². The maximum atomic E-state index is 12.4. The van der Waals surface area contributed by atoms with Crippen LogP contribution in [0.25, 0.3) is 0 Å². The molecule has 27 heavy (non-hydrogen) atoms. The molecule has 0 heterocycles. The molecule has 0 bridgehead atoms. The summed E-state index contributed by atoms with van der Waals surface area (Å²) in [4.78, 5) is 12.4. The summed E-state index contributed by atoms with van der Waals surface area (Å²) < 4.78 is 30.9. The minimum atomic E-state index is -3.59. The lowest BCUT2D eigenvalue weighted by atomic mass is 10.1. The molecule has 6 nitrogen and oxygen atoms in total. The summed E-state index contributed by atoms with van der Waals surface area (Å²) in [5.74, 6) is 0.413. The Hall–Kier alpha value is -2.54. The van der Waals surface area contributed by atoms with E-state index in [1.54, 1.807) is 19.2 Å². The van der Waals surface area contributed by atoms with Gasteiger partial charge >= 0.3 is 0 Å². The summed E-state index contributed by atoms with van der Waals surface area (Å²) in [6.45, 7) is 3.90. The molecule has 0 saturated heterocycles. The first-order valence-corrected chi connectivity index (χ1v) is 10.5. The number of methoxy groups -OCH3 is 1. The Labute approximate surface area is 161 Å². The lowest BCUT2D eigenvalue weighted by Crippen LogP contribution is -2.41. The van der Waals surface area contributed by atoms with Gasteiger partial charge in [-0.05, 0) is 49.1 Å². The van der Waals surface area contributed by atoms with Crippen LogP contribution in [0.5, 0.6) is 5.75 Å². The van der Waals surface area contributed by atoms with Crippen molar-refractivity contribution < 1.29 is 17.9 Å². The second-order valence-corrected chi connectivity index (χ2v) is 8.31. The Balaban J connectivity index is 2.06. The Morgan fingerprint density at radius 3 is 2.48 bits per heavy atom. The number of hydrogen-bond acceptors (Lipinski definition) is 4. The van der Waals surface area contributed by atoms with Gasteiger partial charge in [-0.2, -0.15) is 0 Å². The number of sulfonamides is 1. The van der Waals surface area contributed by atoms with E-state index in [0.29, 0.717) is 18.7 Å². The maximum absolute atomic E-state index is 12.4. The quantitative estimate of drug-likeness (QED) is 0.751. The van der Waals surface area contributed by atoms with Crippen LogP contribution < -0.4 is 14.4 Å². The van der Waals surface area contributed by atoms with Crippen molar-refractivity contribution in [3.8, 4) is 5.75 Å². The molecule has 0 radical (unpaired) electrons. The highest BCUT2D eigenvalue weighted by Crippen LogP contribution is 2.24. The van der Waals surface area contributed by atoms with Crippen molar-refractivity contribution in [2.24, 2.45) is 0 Å². The topological polar surface area (TPSA) is 75.7 Å². The van der Waals surface area contributed by atoms with Gasteiger partial charge in [0.05, 0.1) is 19.1 Å². The smallest absolute Gasteiger partial charge is 0.240 e. The number of ether oxygens (including phenoxy) is 1.